The molecule has 0 heterocycles. The van der Waals surface area contributed by atoms with Crippen molar-refractivity contribution in [1.29, 1.82) is 0 Å². The van der Waals surface area contributed by atoms with Crippen LogP contribution in [0.3, 0.4) is 0 Å². The molecule has 0 unspecified atom stereocenters. The molecule has 2 nitrogen and oxygen atoms in total. The summed E-state index contributed by atoms with van der Waals surface area (Å²) in [5.41, 5.74) is 3.54. The monoisotopic (exact) mass is 175 g/mol. The SMILES string of the molecule is CNCC1=CCc2c(O)cccc21. The van der Waals surface area contributed by atoms with Gasteiger partial charge in [0, 0.05) is 12.1 Å². The number of aromatic hydroxyl groups is 1. The molecule has 2 N–H and O–H groups in total. The van der Waals surface area contributed by atoms with E-state index < -0.39 is 0 Å². The molecule has 0 bridgehead atoms. The van der Waals surface area contributed by atoms with Gasteiger partial charge in [0.15, 0.2) is 0 Å². The molecule has 1 aromatic rings. The van der Waals surface area contributed by atoms with Crippen LogP contribution in [-0.4, -0.2) is 18.7 Å². The highest BCUT2D eigenvalue weighted by Crippen LogP contribution is 2.32. The number of phenols is 1. The predicted molar refractivity (Wildman–Crippen MR) is 53.7 cm³/mol. The number of benzene rings is 1. The second-order valence-corrected chi connectivity index (χ2v) is 3.27. The molecule has 2 rings (SSSR count). The minimum absolute atomic E-state index is 0.417. The standard InChI is InChI=1S/C11H13NO/c1-12-7-8-5-6-10-9(8)3-2-4-11(10)13/h2-5,12-13H,6-7H2,1H3. The van der Waals surface area contributed by atoms with E-state index in [2.05, 4.69) is 17.5 Å². The molecule has 1 aliphatic carbocycles. The highest BCUT2D eigenvalue weighted by atomic mass is 16.3. The summed E-state index contributed by atoms with van der Waals surface area (Å²) >= 11 is 0. The van der Waals surface area contributed by atoms with Gasteiger partial charge in [-0.25, -0.2) is 0 Å². The van der Waals surface area contributed by atoms with Crippen LogP contribution in [0.25, 0.3) is 5.57 Å². The zero-order valence-electron chi connectivity index (χ0n) is 7.67. The Bertz CT molecular complexity index is 355. The fraction of sp³-hybridized carbons (Fsp3) is 0.273. The van der Waals surface area contributed by atoms with Gasteiger partial charge in [-0.05, 0) is 30.7 Å². The van der Waals surface area contributed by atoms with Gasteiger partial charge in [0.25, 0.3) is 0 Å². The fourth-order valence-electron chi connectivity index (χ4n) is 1.78. The molecule has 0 radical (unpaired) electrons. The summed E-state index contributed by atoms with van der Waals surface area (Å²) in [5.74, 6) is 0.417. The molecule has 0 atom stereocenters. The molecule has 0 saturated heterocycles. The summed E-state index contributed by atoms with van der Waals surface area (Å²) in [4.78, 5) is 0. The summed E-state index contributed by atoms with van der Waals surface area (Å²) in [6.07, 6.45) is 3.03. The van der Waals surface area contributed by atoms with Crippen LogP contribution in [-0.2, 0) is 6.42 Å². The topological polar surface area (TPSA) is 32.3 Å². The second kappa shape index (κ2) is 3.23. The van der Waals surface area contributed by atoms with Crippen LogP contribution >= 0.6 is 0 Å². The Morgan fingerprint density at radius 3 is 3.08 bits per heavy atom. The van der Waals surface area contributed by atoms with E-state index in [-0.39, 0.29) is 0 Å². The number of fused-ring (bicyclic) bond motifs is 1. The van der Waals surface area contributed by atoms with Crippen molar-refractivity contribution in [2.75, 3.05) is 13.6 Å². The summed E-state index contributed by atoms with van der Waals surface area (Å²) < 4.78 is 0. The van der Waals surface area contributed by atoms with E-state index in [0.29, 0.717) is 5.75 Å². The largest absolute Gasteiger partial charge is 0.508 e. The third-order valence-corrected chi connectivity index (χ3v) is 2.42. The molecule has 0 fully saturated rings. The third kappa shape index (κ3) is 1.33. The van der Waals surface area contributed by atoms with E-state index in [9.17, 15) is 5.11 Å². The molecule has 0 spiro atoms. The second-order valence-electron chi connectivity index (χ2n) is 3.27. The van der Waals surface area contributed by atoms with Gasteiger partial charge in [0.05, 0.1) is 0 Å². The quantitative estimate of drug-likeness (QED) is 0.714. The summed E-state index contributed by atoms with van der Waals surface area (Å²) in [6.45, 7) is 0.871. The number of allylic oxidation sites excluding steroid dienone is 1. The first kappa shape index (κ1) is 8.32. The molecule has 0 saturated carbocycles. The van der Waals surface area contributed by atoms with Crippen molar-refractivity contribution in [2.45, 2.75) is 6.42 Å². The van der Waals surface area contributed by atoms with E-state index in [1.54, 1.807) is 6.07 Å². The molecule has 1 aromatic carbocycles. The molecule has 2 heteroatoms. The van der Waals surface area contributed by atoms with Crippen LogP contribution in [0.2, 0.25) is 0 Å². The molecule has 13 heavy (non-hydrogen) atoms. The van der Waals surface area contributed by atoms with Gasteiger partial charge in [-0.1, -0.05) is 18.2 Å². The first-order valence-electron chi connectivity index (χ1n) is 4.48. The van der Waals surface area contributed by atoms with Gasteiger partial charge in [-0.3, -0.25) is 0 Å². The minimum atomic E-state index is 0.417. The lowest BCUT2D eigenvalue weighted by Gasteiger charge is -2.05. The maximum atomic E-state index is 9.56. The number of hydrogen-bond donors (Lipinski definition) is 2. The van der Waals surface area contributed by atoms with E-state index >= 15 is 0 Å². The number of rotatable bonds is 2. The Morgan fingerprint density at radius 1 is 1.46 bits per heavy atom. The van der Waals surface area contributed by atoms with Crippen molar-refractivity contribution in [3.05, 3.63) is 35.4 Å². The van der Waals surface area contributed by atoms with E-state index in [0.717, 1.165) is 18.5 Å². The number of likely N-dealkylation sites (N-methyl/N-ethyl adjacent to an activating group) is 1. The van der Waals surface area contributed by atoms with Gasteiger partial charge >= 0.3 is 0 Å². The van der Waals surface area contributed by atoms with Crippen LogP contribution in [0.5, 0.6) is 5.75 Å². The van der Waals surface area contributed by atoms with Crippen molar-refractivity contribution >= 4 is 5.57 Å². The zero-order valence-corrected chi connectivity index (χ0v) is 7.67. The van der Waals surface area contributed by atoms with Crippen molar-refractivity contribution < 1.29 is 5.11 Å². The minimum Gasteiger partial charge on any atom is -0.508 e. The Balaban J connectivity index is 2.39. The van der Waals surface area contributed by atoms with Gasteiger partial charge in [-0.15, -0.1) is 0 Å². The van der Waals surface area contributed by atoms with Gasteiger partial charge in [0.1, 0.15) is 5.75 Å². The number of nitrogens with one attached hydrogen (secondary N) is 1. The van der Waals surface area contributed by atoms with E-state index in [1.807, 2.05) is 13.1 Å². The van der Waals surface area contributed by atoms with Crippen molar-refractivity contribution in [3.63, 3.8) is 0 Å². The normalized spacial score (nSPS) is 14.1. The van der Waals surface area contributed by atoms with Crippen LogP contribution in [0.15, 0.2) is 24.3 Å². The van der Waals surface area contributed by atoms with E-state index in [4.69, 9.17) is 0 Å². The van der Waals surface area contributed by atoms with Crippen LogP contribution in [0.1, 0.15) is 11.1 Å². The Labute approximate surface area is 77.9 Å². The van der Waals surface area contributed by atoms with Gasteiger partial charge in [0.2, 0.25) is 0 Å². The Hall–Kier alpha value is -1.28. The summed E-state index contributed by atoms with van der Waals surface area (Å²) in [7, 11) is 1.93. The molecular formula is C11H13NO. The maximum Gasteiger partial charge on any atom is 0.119 e. The van der Waals surface area contributed by atoms with Crippen LogP contribution in [0.4, 0.5) is 0 Å². The summed E-state index contributed by atoms with van der Waals surface area (Å²) in [6, 6.07) is 5.70. The van der Waals surface area contributed by atoms with Gasteiger partial charge < -0.3 is 10.4 Å². The number of hydrogen-bond acceptors (Lipinski definition) is 2. The fourth-order valence-corrected chi connectivity index (χ4v) is 1.78. The third-order valence-electron chi connectivity index (χ3n) is 2.42. The van der Waals surface area contributed by atoms with Crippen molar-refractivity contribution in [3.8, 4) is 5.75 Å². The first-order valence-corrected chi connectivity index (χ1v) is 4.48. The molecular weight excluding hydrogens is 162 g/mol. The van der Waals surface area contributed by atoms with E-state index in [1.165, 1.54) is 11.1 Å². The predicted octanol–water partition coefficient (Wildman–Crippen LogP) is 1.55. The smallest absolute Gasteiger partial charge is 0.119 e. The Morgan fingerprint density at radius 2 is 2.31 bits per heavy atom. The van der Waals surface area contributed by atoms with Gasteiger partial charge in [-0.2, -0.15) is 0 Å². The lowest BCUT2D eigenvalue weighted by molar-refractivity contribution is 0.470. The zero-order chi connectivity index (χ0) is 9.26. The van der Waals surface area contributed by atoms with Crippen LogP contribution < -0.4 is 5.32 Å². The molecule has 0 aromatic heterocycles. The number of phenolic OH excluding ortho intramolecular Hbond substituents is 1. The molecule has 0 aliphatic heterocycles. The van der Waals surface area contributed by atoms with Crippen molar-refractivity contribution in [1.82, 2.24) is 5.32 Å². The highest BCUT2D eigenvalue weighted by Gasteiger charge is 2.15. The highest BCUT2D eigenvalue weighted by molar-refractivity contribution is 5.76. The lowest BCUT2D eigenvalue weighted by atomic mass is 10.1. The summed E-state index contributed by atoms with van der Waals surface area (Å²) in [5, 5.41) is 12.7. The lowest BCUT2D eigenvalue weighted by Crippen LogP contribution is -2.08. The first-order chi connectivity index (χ1) is 6.33. The Kier molecular flexibility index (Phi) is 2.07. The van der Waals surface area contributed by atoms with Crippen LogP contribution in [0, 0.1) is 0 Å². The molecule has 68 valence electrons. The average molecular weight is 175 g/mol. The maximum absolute atomic E-state index is 9.56. The molecule has 1 aliphatic rings. The average Bonchev–Trinajstić information content (AvgIpc) is 2.51. The van der Waals surface area contributed by atoms with Crippen molar-refractivity contribution in [2.24, 2.45) is 0 Å². The molecule has 0 amide bonds.